The zero-order chi connectivity index (χ0) is 18.2. The first-order valence-corrected chi connectivity index (χ1v) is 7.72. The standard InChI is InChI=1S/C16H25BN2O5/c1-16(2,19-17(3)22)15(21)18-13(14(20)23-4)11-24-10-12-8-6-5-7-9-12/h5-9,13,19,22H,10-11H2,1-4H3,(H,18,21)/t13-/m1/s1. The molecule has 1 atom stereocenters. The normalized spacial score (nSPS) is 12.4. The Morgan fingerprint density at radius 2 is 1.92 bits per heavy atom. The molecule has 1 amide bonds. The minimum absolute atomic E-state index is 0.0158. The molecule has 1 aromatic carbocycles. The molecule has 1 aromatic rings. The molecule has 0 unspecified atom stereocenters. The number of carbonyl (C=O) groups is 2. The van der Waals surface area contributed by atoms with Crippen molar-refractivity contribution in [3.63, 3.8) is 0 Å². The first-order chi connectivity index (χ1) is 11.3. The number of rotatable bonds is 9. The maximum atomic E-state index is 12.3. The predicted octanol–water partition coefficient (Wildman–Crippen LogP) is 0.340. The average Bonchev–Trinajstić information content (AvgIpc) is 2.52. The van der Waals surface area contributed by atoms with Gasteiger partial charge < -0.3 is 25.0 Å². The predicted molar refractivity (Wildman–Crippen MR) is 91.1 cm³/mol. The summed E-state index contributed by atoms with van der Waals surface area (Å²) in [5, 5.41) is 14.7. The van der Waals surface area contributed by atoms with E-state index >= 15 is 0 Å². The fraction of sp³-hybridized carbons (Fsp3) is 0.500. The fourth-order valence-electron chi connectivity index (χ4n) is 2.11. The van der Waals surface area contributed by atoms with E-state index in [0.29, 0.717) is 6.61 Å². The zero-order valence-corrected chi connectivity index (χ0v) is 14.5. The highest BCUT2D eigenvalue weighted by molar-refractivity contribution is 6.46. The second kappa shape index (κ2) is 9.41. The van der Waals surface area contributed by atoms with Gasteiger partial charge in [-0.05, 0) is 26.2 Å². The Labute approximate surface area is 142 Å². The number of benzene rings is 1. The monoisotopic (exact) mass is 336 g/mol. The SMILES string of the molecule is COC(=O)[C@@H](COCc1ccccc1)NC(=O)C(C)(C)NB(C)O. The van der Waals surface area contributed by atoms with E-state index in [1.807, 2.05) is 30.3 Å². The van der Waals surface area contributed by atoms with Gasteiger partial charge in [0.15, 0.2) is 6.04 Å². The molecule has 0 aromatic heterocycles. The molecule has 1 rings (SSSR count). The third-order valence-electron chi connectivity index (χ3n) is 3.32. The maximum Gasteiger partial charge on any atom is 0.374 e. The van der Waals surface area contributed by atoms with E-state index < -0.39 is 30.5 Å². The third kappa shape index (κ3) is 6.70. The van der Waals surface area contributed by atoms with Crippen LogP contribution in [0.15, 0.2) is 30.3 Å². The molecule has 0 aliphatic rings. The van der Waals surface area contributed by atoms with Crippen LogP contribution in [0.25, 0.3) is 0 Å². The molecular weight excluding hydrogens is 311 g/mol. The van der Waals surface area contributed by atoms with E-state index in [2.05, 4.69) is 10.5 Å². The highest BCUT2D eigenvalue weighted by Gasteiger charge is 2.33. The summed E-state index contributed by atoms with van der Waals surface area (Å²) in [6.45, 7) is 5.02. The molecule has 24 heavy (non-hydrogen) atoms. The van der Waals surface area contributed by atoms with Gasteiger partial charge in [-0.2, -0.15) is 0 Å². The van der Waals surface area contributed by atoms with E-state index in [-0.39, 0.29) is 6.61 Å². The number of carbonyl (C=O) groups excluding carboxylic acids is 2. The summed E-state index contributed by atoms with van der Waals surface area (Å²) in [5.41, 5.74) is -0.0941. The second-order valence-corrected chi connectivity index (χ2v) is 6.00. The highest BCUT2D eigenvalue weighted by Crippen LogP contribution is 2.05. The van der Waals surface area contributed by atoms with Crippen molar-refractivity contribution in [2.24, 2.45) is 0 Å². The molecule has 8 heteroatoms. The molecule has 7 nitrogen and oxygen atoms in total. The Kier molecular flexibility index (Phi) is 7.90. The molecule has 0 bridgehead atoms. The first kappa shape index (κ1) is 20.2. The van der Waals surface area contributed by atoms with Gasteiger partial charge in [0, 0.05) is 0 Å². The van der Waals surface area contributed by atoms with Crippen molar-refractivity contribution in [1.29, 1.82) is 0 Å². The van der Waals surface area contributed by atoms with Crippen LogP contribution in [0.3, 0.4) is 0 Å². The van der Waals surface area contributed by atoms with Crippen molar-refractivity contribution in [3.8, 4) is 0 Å². The quantitative estimate of drug-likeness (QED) is 0.444. The minimum Gasteiger partial charge on any atom is -0.467 e. The minimum atomic E-state index is -1.06. The van der Waals surface area contributed by atoms with Crippen LogP contribution in [0.1, 0.15) is 19.4 Å². The highest BCUT2D eigenvalue weighted by atomic mass is 16.5. The molecule has 0 radical (unpaired) electrons. The molecule has 0 heterocycles. The van der Waals surface area contributed by atoms with Crippen LogP contribution in [-0.4, -0.2) is 49.2 Å². The van der Waals surface area contributed by atoms with Gasteiger partial charge in [-0.3, -0.25) is 4.79 Å². The Morgan fingerprint density at radius 1 is 1.29 bits per heavy atom. The Morgan fingerprint density at radius 3 is 2.46 bits per heavy atom. The second-order valence-electron chi connectivity index (χ2n) is 6.00. The van der Waals surface area contributed by atoms with Crippen molar-refractivity contribution < 1.29 is 24.1 Å². The number of hydrogen-bond donors (Lipinski definition) is 3. The van der Waals surface area contributed by atoms with Crippen LogP contribution in [0.2, 0.25) is 6.82 Å². The van der Waals surface area contributed by atoms with Gasteiger partial charge in [-0.25, -0.2) is 4.79 Å². The molecule has 132 valence electrons. The van der Waals surface area contributed by atoms with Crippen molar-refractivity contribution >= 4 is 18.9 Å². The lowest BCUT2D eigenvalue weighted by molar-refractivity contribution is -0.147. The van der Waals surface area contributed by atoms with Gasteiger partial charge in [0.05, 0.1) is 25.9 Å². The summed E-state index contributed by atoms with van der Waals surface area (Å²) < 4.78 is 10.2. The largest absolute Gasteiger partial charge is 0.467 e. The average molecular weight is 336 g/mol. The summed E-state index contributed by atoms with van der Waals surface area (Å²) in [4.78, 5) is 24.2. The van der Waals surface area contributed by atoms with E-state index in [1.54, 1.807) is 13.8 Å². The number of methoxy groups -OCH3 is 1. The van der Waals surface area contributed by atoms with Gasteiger partial charge in [0.25, 0.3) is 0 Å². The number of amides is 1. The van der Waals surface area contributed by atoms with Gasteiger partial charge in [0.2, 0.25) is 5.91 Å². The lowest BCUT2D eigenvalue weighted by Crippen LogP contribution is -2.60. The van der Waals surface area contributed by atoms with E-state index in [0.717, 1.165) is 5.56 Å². The molecule has 0 fully saturated rings. The molecule has 0 aliphatic carbocycles. The van der Waals surface area contributed by atoms with Gasteiger partial charge >= 0.3 is 13.0 Å². The number of nitrogens with one attached hydrogen (secondary N) is 2. The Bertz CT molecular complexity index is 537. The molecule has 0 saturated carbocycles. The Balaban J connectivity index is 2.62. The summed E-state index contributed by atoms with van der Waals surface area (Å²) >= 11 is 0. The van der Waals surface area contributed by atoms with Gasteiger partial charge in [-0.15, -0.1) is 0 Å². The number of ether oxygens (including phenoxy) is 2. The summed E-state index contributed by atoms with van der Waals surface area (Å²) in [7, 11) is 0.384. The van der Waals surface area contributed by atoms with Crippen molar-refractivity contribution in [2.45, 2.75) is 38.9 Å². The maximum absolute atomic E-state index is 12.3. The third-order valence-corrected chi connectivity index (χ3v) is 3.32. The van der Waals surface area contributed by atoms with E-state index in [4.69, 9.17) is 9.47 Å². The van der Waals surface area contributed by atoms with E-state index in [9.17, 15) is 14.6 Å². The summed E-state index contributed by atoms with van der Waals surface area (Å²) in [6.07, 6.45) is 0. The van der Waals surface area contributed by atoms with Crippen LogP contribution < -0.4 is 10.5 Å². The van der Waals surface area contributed by atoms with Gasteiger partial charge in [-0.1, -0.05) is 30.3 Å². The smallest absolute Gasteiger partial charge is 0.374 e. The van der Waals surface area contributed by atoms with Crippen molar-refractivity contribution in [3.05, 3.63) is 35.9 Å². The summed E-state index contributed by atoms with van der Waals surface area (Å²) in [5.74, 6) is -1.04. The van der Waals surface area contributed by atoms with Crippen molar-refractivity contribution in [2.75, 3.05) is 13.7 Å². The fourth-order valence-corrected chi connectivity index (χ4v) is 2.11. The molecule has 0 spiro atoms. The summed E-state index contributed by atoms with van der Waals surface area (Å²) in [6, 6.07) is 8.56. The molecular formula is C16H25BN2O5. The topological polar surface area (TPSA) is 96.9 Å². The van der Waals surface area contributed by atoms with Crippen LogP contribution in [-0.2, 0) is 25.7 Å². The first-order valence-electron chi connectivity index (χ1n) is 7.72. The zero-order valence-electron chi connectivity index (χ0n) is 14.5. The van der Waals surface area contributed by atoms with Crippen molar-refractivity contribution in [1.82, 2.24) is 10.5 Å². The van der Waals surface area contributed by atoms with Crippen LogP contribution in [0.5, 0.6) is 0 Å². The lowest BCUT2D eigenvalue weighted by Gasteiger charge is -2.28. The number of esters is 1. The van der Waals surface area contributed by atoms with Crippen LogP contribution in [0.4, 0.5) is 0 Å². The number of hydrogen-bond acceptors (Lipinski definition) is 6. The molecule has 0 aliphatic heterocycles. The van der Waals surface area contributed by atoms with Gasteiger partial charge in [0.1, 0.15) is 0 Å². The molecule has 0 saturated heterocycles. The Hall–Kier alpha value is -1.90. The van der Waals surface area contributed by atoms with Crippen LogP contribution in [0, 0.1) is 0 Å². The lowest BCUT2D eigenvalue weighted by atomic mass is 9.83. The van der Waals surface area contributed by atoms with Crippen LogP contribution >= 0.6 is 0 Å². The molecule has 3 N–H and O–H groups in total. The van der Waals surface area contributed by atoms with E-state index in [1.165, 1.54) is 13.9 Å².